The van der Waals surface area contributed by atoms with Crippen molar-refractivity contribution in [3.8, 4) is 0 Å². The van der Waals surface area contributed by atoms with Gasteiger partial charge in [0, 0.05) is 27.5 Å². The van der Waals surface area contributed by atoms with Gasteiger partial charge in [0.25, 0.3) is 11.8 Å². The van der Waals surface area contributed by atoms with Crippen LogP contribution in [0.2, 0.25) is 0 Å². The maximum Gasteiger partial charge on any atom is 0.326 e. The van der Waals surface area contributed by atoms with Gasteiger partial charge in [-0.15, -0.1) is 0 Å². The van der Waals surface area contributed by atoms with Gasteiger partial charge >= 0.3 is 6.03 Å². The Morgan fingerprint density at radius 2 is 1.50 bits per heavy atom. The number of nitrogens with one attached hydrogen (secondary N) is 3. The molecule has 3 aromatic rings. The number of hydrogen-bond acceptors (Lipinski definition) is 5. The molecule has 0 spiro atoms. The highest BCUT2D eigenvalue weighted by Crippen LogP contribution is 2.34. The van der Waals surface area contributed by atoms with Crippen LogP contribution >= 0.6 is 11.8 Å². The van der Waals surface area contributed by atoms with Gasteiger partial charge in [0.2, 0.25) is 0 Å². The Balaban J connectivity index is 1.79. The van der Waals surface area contributed by atoms with E-state index in [0.29, 0.717) is 36.3 Å². The van der Waals surface area contributed by atoms with Gasteiger partial charge in [-0.25, -0.2) is 4.79 Å². The van der Waals surface area contributed by atoms with Gasteiger partial charge < -0.3 is 16.4 Å². The van der Waals surface area contributed by atoms with Crippen LogP contribution in [0.1, 0.15) is 27.1 Å². The van der Waals surface area contributed by atoms with Crippen LogP contribution in [0.5, 0.6) is 0 Å². The highest BCUT2D eigenvalue weighted by Gasteiger charge is 2.15. The standard InChI is InChI=1S/C24H24N4O3S/c25-14-7-15-26-22(29)18-12-13-21(32-19-10-5-2-6-11-19)20(16-18)27-24(31)28-23(30)17-8-3-1-4-9-17/h1-6,8-13,16H,7,14-15,25H2,(H,26,29)(H2,27,28,30,31). The summed E-state index contributed by atoms with van der Waals surface area (Å²) in [5.74, 6) is -0.783. The largest absolute Gasteiger partial charge is 0.352 e. The van der Waals surface area contributed by atoms with Crippen LogP contribution in [-0.2, 0) is 0 Å². The molecule has 4 amide bonds. The molecule has 0 aliphatic rings. The molecule has 0 saturated heterocycles. The lowest BCUT2D eigenvalue weighted by atomic mass is 10.2. The Morgan fingerprint density at radius 1 is 0.812 bits per heavy atom. The summed E-state index contributed by atoms with van der Waals surface area (Å²) < 4.78 is 0. The lowest BCUT2D eigenvalue weighted by Crippen LogP contribution is -2.34. The summed E-state index contributed by atoms with van der Waals surface area (Å²) in [6.45, 7) is 0.944. The second kappa shape index (κ2) is 11.7. The Bertz CT molecular complexity index is 1080. The quantitative estimate of drug-likeness (QED) is 0.391. The van der Waals surface area contributed by atoms with Crippen molar-refractivity contribution < 1.29 is 14.4 Å². The highest BCUT2D eigenvalue weighted by atomic mass is 32.2. The van der Waals surface area contributed by atoms with Crippen molar-refractivity contribution in [1.29, 1.82) is 0 Å². The zero-order valence-corrected chi connectivity index (χ0v) is 18.2. The lowest BCUT2D eigenvalue weighted by molar-refractivity contribution is 0.0948. The molecule has 0 bridgehead atoms. The number of anilines is 1. The molecule has 3 rings (SSSR count). The summed E-state index contributed by atoms with van der Waals surface area (Å²) >= 11 is 1.44. The second-order valence-corrected chi connectivity index (χ2v) is 7.91. The number of amides is 4. The van der Waals surface area contributed by atoms with Gasteiger partial charge in [0.05, 0.1) is 5.69 Å². The maximum atomic E-state index is 12.5. The van der Waals surface area contributed by atoms with E-state index in [4.69, 9.17) is 5.73 Å². The number of nitrogens with two attached hydrogens (primary N) is 1. The summed E-state index contributed by atoms with van der Waals surface area (Å²) in [5, 5.41) is 7.81. The van der Waals surface area contributed by atoms with Crippen LogP contribution < -0.4 is 21.7 Å². The van der Waals surface area contributed by atoms with E-state index in [-0.39, 0.29) is 5.91 Å². The third-order valence-electron chi connectivity index (χ3n) is 4.39. The zero-order chi connectivity index (χ0) is 22.8. The second-order valence-electron chi connectivity index (χ2n) is 6.80. The molecule has 0 radical (unpaired) electrons. The highest BCUT2D eigenvalue weighted by molar-refractivity contribution is 7.99. The van der Waals surface area contributed by atoms with Gasteiger partial charge in [0.15, 0.2) is 0 Å². The van der Waals surface area contributed by atoms with Crippen LogP contribution in [0, 0.1) is 0 Å². The molecule has 0 heterocycles. The number of imide groups is 1. The lowest BCUT2D eigenvalue weighted by Gasteiger charge is -2.13. The molecular weight excluding hydrogens is 424 g/mol. The summed E-state index contributed by atoms with van der Waals surface area (Å²) in [5.41, 5.74) is 6.65. The summed E-state index contributed by atoms with van der Waals surface area (Å²) in [6, 6.07) is 22.5. The molecule has 0 aliphatic carbocycles. The smallest absolute Gasteiger partial charge is 0.326 e. The Labute approximate surface area is 190 Å². The Morgan fingerprint density at radius 3 is 2.19 bits per heavy atom. The molecule has 0 aliphatic heterocycles. The van der Waals surface area contributed by atoms with E-state index < -0.39 is 11.9 Å². The number of urea groups is 1. The number of benzene rings is 3. The fourth-order valence-corrected chi connectivity index (χ4v) is 3.70. The van der Waals surface area contributed by atoms with Crippen LogP contribution in [0.25, 0.3) is 0 Å². The molecule has 0 aromatic heterocycles. The molecule has 0 unspecified atom stereocenters. The van der Waals surface area contributed by atoms with E-state index in [0.717, 1.165) is 9.79 Å². The van der Waals surface area contributed by atoms with Crippen molar-refractivity contribution in [3.05, 3.63) is 90.0 Å². The SMILES string of the molecule is NCCCNC(=O)c1ccc(Sc2ccccc2)c(NC(=O)NC(=O)c2ccccc2)c1. The van der Waals surface area contributed by atoms with Gasteiger partial charge in [0.1, 0.15) is 0 Å². The molecular formula is C24H24N4O3S. The van der Waals surface area contributed by atoms with Gasteiger partial charge in [-0.2, -0.15) is 0 Å². The molecule has 164 valence electrons. The van der Waals surface area contributed by atoms with E-state index in [1.54, 1.807) is 48.5 Å². The molecule has 7 nitrogen and oxygen atoms in total. The number of carbonyl (C=O) groups excluding carboxylic acids is 3. The predicted molar refractivity (Wildman–Crippen MR) is 126 cm³/mol. The summed E-state index contributed by atoms with van der Waals surface area (Å²) in [7, 11) is 0. The molecule has 0 saturated carbocycles. The van der Waals surface area contributed by atoms with E-state index in [9.17, 15) is 14.4 Å². The van der Waals surface area contributed by atoms with Crippen LogP contribution in [0.4, 0.5) is 10.5 Å². The first-order chi connectivity index (χ1) is 15.6. The average Bonchev–Trinajstić information content (AvgIpc) is 2.81. The van der Waals surface area contributed by atoms with Crippen LogP contribution in [0.3, 0.4) is 0 Å². The first kappa shape index (κ1) is 23.1. The average molecular weight is 449 g/mol. The predicted octanol–water partition coefficient (Wildman–Crippen LogP) is 3.88. The molecule has 5 N–H and O–H groups in total. The van der Waals surface area contributed by atoms with E-state index in [2.05, 4.69) is 16.0 Å². The van der Waals surface area contributed by atoms with Crippen molar-refractivity contribution in [2.45, 2.75) is 16.2 Å². The van der Waals surface area contributed by atoms with Crippen molar-refractivity contribution in [2.75, 3.05) is 18.4 Å². The number of hydrogen-bond donors (Lipinski definition) is 4. The minimum atomic E-state index is -0.686. The number of carbonyl (C=O) groups is 3. The zero-order valence-electron chi connectivity index (χ0n) is 17.3. The summed E-state index contributed by atoms with van der Waals surface area (Å²) in [6.07, 6.45) is 0.669. The van der Waals surface area contributed by atoms with E-state index in [1.165, 1.54) is 11.8 Å². The van der Waals surface area contributed by atoms with Gasteiger partial charge in [-0.1, -0.05) is 48.2 Å². The monoisotopic (exact) mass is 448 g/mol. The fourth-order valence-electron chi connectivity index (χ4n) is 2.80. The third kappa shape index (κ3) is 6.69. The third-order valence-corrected chi connectivity index (χ3v) is 5.47. The minimum absolute atomic E-state index is 0.265. The fraction of sp³-hybridized carbons (Fsp3) is 0.125. The summed E-state index contributed by atoms with van der Waals surface area (Å²) in [4.78, 5) is 39.0. The van der Waals surface area contributed by atoms with E-state index in [1.807, 2.05) is 30.3 Å². The van der Waals surface area contributed by atoms with Crippen molar-refractivity contribution >= 4 is 35.3 Å². The Kier molecular flexibility index (Phi) is 8.42. The normalized spacial score (nSPS) is 10.3. The number of rotatable bonds is 8. The van der Waals surface area contributed by atoms with Gasteiger partial charge in [-0.3, -0.25) is 14.9 Å². The minimum Gasteiger partial charge on any atom is -0.352 e. The molecule has 8 heteroatoms. The molecule has 3 aromatic carbocycles. The Hall–Kier alpha value is -3.62. The van der Waals surface area contributed by atoms with Crippen molar-refractivity contribution in [3.63, 3.8) is 0 Å². The first-order valence-electron chi connectivity index (χ1n) is 10.1. The van der Waals surface area contributed by atoms with E-state index >= 15 is 0 Å². The molecule has 0 atom stereocenters. The van der Waals surface area contributed by atoms with Gasteiger partial charge in [-0.05, 0) is 55.4 Å². The molecule has 32 heavy (non-hydrogen) atoms. The van der Waals surface area contributed by atoms with Crippen LogP contribution in [-0.4, -0.2) is 30.9 Å². The topological polar surface area (TPSA) is 113 Å². The van der Waals surface area contributed by atoms with Crippen LogP contribution in [0.15, 0.2) is 88.7 Å². The maximum absolute atomic E-state index is 12.5. The molecule has 0 fully saturated rings. The van der Waals surface area contributed by atoms with Crippen molar-refractivity contribution in [2.24, 2.45) is 5.73 Å². The van der Waals surface area contributed by atoms with Crippen molar-refractivity contribution in [1.82, 2.24) is 10.6 Å². The first-order valence-corrected chi connectivity index (χ1v) is 10.9.